The normalized spacial score (nSPS) is 13.1. The van der Waals surface area contributed by atoms with E-state index in [0.29, 0.717) is 6.61 Å². The van der Waals surface area contributed by atoms with Gasteiger partial charge < -0.3 is 9.29 Å². The standard InChI is InChI=1S/C14H29NO5S/c1-3-4-5-6-7-8-9-10-11-20-14(16)13(2)15-12-21(17,18)19/h13,15H,3-12H2,1-2H3,(H,17,18,19)/p-1. The molecule has 0 aliphatic carbocycles. The molecule has 0 aromatic rings. The van der Waals surface area contributed by atoms with Crippen molar-refractivity contribution in [3.8, 4) is 0 Å². The fourth-order valence-corrected chi connectivity index (χ4v) is 2.30. The van der Waals surface area contributed by atoms with Crippen LogP contribution in [0.15, 0.2) is 0 Å². The Bertz CT molecular complexity index is 370. The predicted molar refractivity (Wildman–Crippen MR) is 80.7 cm³/mol. The Balaban J connectivity index is 3.48. The molecule has 126 valence electrons. The molecule has 0 bridgehead atoms. The molecule has 0 spiro atoms. The number of hydrogen-bond donors (Lipinski definition) is 1. The van der Waals surface area contributed by atoms with E-state index in [1.165, 1.54) is 39.0 Å². The van der Waals surface area contributed by atoms with Gasteiger partial charge in [0.05, 0.1) is 12.5 Å². The second kappa shape index (κ2) is 11.9. The minimum Gasteiger partial charge on any atom is -0.747 e. The summed E-state index contributed by atoms with van der Waals surface area (Å²) in [5.74, 6) is -1.29. The highest BCUT2D eigenvalue weighted by Gasteiger charge is 2.14. The molecule has 0 fully saturated rings. The number of rotatable bonds is 13. The Morgan fingerprint density at radius 2 is 1.62 bits per heavy atom. The molecule has 0 heterocycles. The zero-order valence-electron chi connectivity index (χ0n) is 13.1. The first-order valence-corrected chi connectivity index (χ1v) is 9.28. The number of esters is 1. The minimum absolute atomic E-state index is 0.337. The van der Waals surface area contributed by atoms with Crippen molar-refractivity contribution in [3.63, 3.8) is 0 Å². The van der Waals surface area contributed by atoms with Crippen LogP contribution in [0.2, 0.25) is 0 Å². The van der Waals surface area contributed by atoms with Crippen LogP contribution in [0.3, 0.4) is 0 Å². The maximum Gasteiger partial charge on any atom is 0.322 e. The Kier molecular flexibility index (Phi) is 11.6. The Morgan fingerprint density at radius 1 is 1.10 bits per heavy atom. The van der Waals surface area contributed by atoms with E-state index in [2.05, 4.69) is 12.2 Å². The van der Waals surface area contributed by atoms with Gasteiger partial charge in [0.2, 0.25) is 0 Å². The Morgan fingerprint density at radius 3 is 2.14 bits per heavy atom. The molecule has 0 aromatic carbocycles. The molecule has 0 saturated heterocycles. The number of ether oxygens (including phenoxy) is 1. The highest BCUT2D eigenvalue weighted by atomic mass is 32.2. The maximum absolute atomic E-state index is 11.5. The number of nitrogens with one attached hydrogen (secondary N) is 1. The van der Waals surface area contributed by atoms with Crippen molar-refractivity contribution in [2.75, 3.05) is 12.5 Å². The molecule has 21 heavy (non-hydrogen) atoms. The molecule has 0 saturated carbocycles. The number of carbonyl (C=O) groups excluding carboxylic acids is 1. The van der Waals surface area contributed by atoms with Crippen molar-refractivity contribution in [1.29, 1.82) is 0 Å². The number of unbranched alkanes of at least 4 members (excludes halogenated alkanes) is 7. The summed E-state index contributed by atoms with van der Waals surface area (Å²) >= 11 is 0. The monoisotopic (exact) mass is 322 g/mol. The molecule has 0 aliphatic heterocycles. The fraction of sp³-hybridized carbons (Fsp3) is 0.929. The van der Waals surface area contributed by atoms with Crippen molar-refractivity contribution in [2.45, 2.75) is 71.3 Å². The van der Waals surface area contributed by atoms with E-state index in [4.69, 9.17) is 4.74 Å². The lowest BCUT2D eigenvalue weighted by Gasteiger charge is -2.14. The van der Waals surface area contributed by atoms with Crippen LogP contribution in [0, 0.1) is 0 Å². The van der Waals surface area contributed by atoms with Crippen LogP contribution in [-0.2, 0) is 19.6 Å². The van der Waals surface area contributed by atoms with Crippen LogP contribution in [-0.4, -0.2) is 37.5 Å². The molecular formula is C14H28NO5S-. The van der Waals surface area contributed by atoms with Crippen LogP contribution >= 0.6 is 0 Å². The van der Waals surface area contributed by atoms with Crippen LogP contribution in [0.25, 0.3) is 0 Å². The number of carbonyl (C=O) groups is 1. The van der Waals surface area contributed by atoms with Gasteiger partial charge in [0.1, 0.15) is 16.2 Å². The summed E-state index contributed by atoms with van der Waals surface area (Å²) in [4.78, 5) is 11.5. The lowest BCUT2D eigenvalue weighted by molar-refractivity contribution is -0.145. The van der Waals surface area contributed by atoms with Crippen LogP contribution in [0.1, 0.15) is 65.2 Å². The maximum atomic E-state index is 11.5. The third-order valence-electron chi connectivity index (χ3n) is 3.16. The topological polar surface area (TPSA) is 95.5 Å². The van der Waals surface area contributed by atoms with Gasteiger partial charge in [0, 0.05) is 0 Å². The first kappa shape index (κ1) is 20.3. The van der Waals surface area contributed by atoms with Gasteiger partial charge in [0.15, 0.2) is 0 Å². The highest BCUT2D eigenvalue weighted by molar-refractivity contribution is 7.85. The summed E-state index contributed by atoms with van der Waals surface area (Å²) in [5, 5.41) is 2.33. The van der Waals surface area contributed by atoms with Crippen molar-refractivity contribution >= 4 is 16.1 Å². The Hall–Kier alpha value is -0.660. The molecule has 0 radical (unpaired) electrons. The van der Waals surface area contributed by atoms with Gasteiger partial charge in [0.25, 0.3) is 0 Å². The van der Waals surface area contributed by atoms with Gasteiger partial charge in [-0.3, -0.25) is 10.1 Å². The molecule has 0 aliphatic rings. The SMILES string of the molecule is CCCCCCCCCCOC(=O)C(C)NCS(=O)(=O)[O-]. The van der Waals surface area contributed by atoms with Crippen LogP contribution < -0.4 is 5.32 Å². The summed E-state index contributed by atoms with van der Waals surface area (Å²) in [5.41, 5.74) is 0. The van der Waals surface area contributed by atoms with Crippen LogP contribution in [0.4, 0.5) is 0 Å². The molecule has 6 nitrogen and oxygen atoms in total. The van der Waals surface area contributed by atoms with Crippen molar-refractivity contribution in [2.24, 2.45) is 0 Å². The van der Waals surface area contributed by atoms with Gasteiger partial charge in [-0.1, -0.05) is 51.9 Å². The minimum atomic E-state index is -4.36. The van der Waals surface area contributed by atoms with E-state index >= 15 is 0 Å². The molecule has 0 amide bonds. The van der Waals surface area contributed by atoms with Crippen molar-refractivity contribution < 1.29 is 22.5 Å². The van der Waals surface area contributed by atoms with Gasteiger partial charge in [-0.25, -0.2) is 8.42 Å². The quantitative estimate of drug-likeness (QED) is 0.317. The zero-order chi connectivity index (χ0) is 16.1. The first-order valence-electron chi connectivity index (χ1n) is 7.70. The molecule has 7 heteroatoms. The van der Waals surface area contributed by atoms with Crippen molar-refractivity contribution in [3.05, 3.63) is 0 Å². The van der Waals surface area contributed by atoms with E-state index < -0.39 is 28.0 Å². The average molecular weight is 322 g/mol. The fourth-order valence-electron chi connectivity index (χ4n) is 1.84. The largest absolute Gasteiger partial charge is 0.747 e. The molecule has 1 atom stereocenters. The summed E-state index contributed by atoms with van der Waals surface area (Å²) in [6.07, 6.45) is 9.28. The van der Waals surface area contributed by atoms with Gasteiger partial charge >= 0.3 is 5.97 Å². The molecular weight excluding hydrogens is 294 g/mol. The van der Waals surface area contributed by atoms with Crippen LogP contribution in [0.5, 0.6) is 0 Å². The van der Waals surface area contributed by atoms with E-state index in [1.54, 1.807) is 0 Å². The van der Waals surface area contributed by atoms with E-state index in [-0.39, 0.29) is 0 Å². The van der Waals surface area contributed by atoms with Gasteiger partial charge in [-0.15, -0.1) is 0 Å². The van der Waals surface area contributed by atoms with Gasteiger partial charge in [-0.05, 0) is 13.3 Å². The molecule has 0 rings (SSSR count). The average Bonchev–Trinajstić information content (AvgIpc) is 2.41. The molecule has 0 aromatic heterocycles. The second-order valence-corrected chi connectivity index (χ2v) is 6.67. The summed E-state index contributed by atoms with van der Waals surface area (Å²) < 4.78 is 36.3. The van der Waals surface area contributed by atoms with E-state index in [9.17, 15) is 17.8 Å². The predicted octanol–water partition coefficient (Wildman–Crippen LogP) is 2.15. The first-order chi connectivity index (χ1) is 9.87. The number of hydrogen-bond acceptors (Lipinski definition) is 6. The summed E-state index contributed by atoms with van der Waals surface area (Å²) in [6.45, 7) is 4.00. The third kappa shape index (κ3) is 14.1. The molecule has 1 N–H and O–H groups in total. The smallest absolute Gasteiger partial charge is 0.322 e. The van der Waals surface area contributed by atoms with Gasteiger partial charge in [-0.2, -0.15) is 0 Å². The lowest BCUT2D eigenvalue weighted by Crippen LogP contribution is -2.38. The van der Waals surface area contributed by atoms with Crippen molar-refractivity contribution in [1.82, 2.24) is 5.32 Å². The third-order valence-corrected chi connectivity index (χ3v) is 3.68. The zero-order valence-corrected chi connectivity index (χ0v) is 13.9. The Labute approximate surface area is 128 Å². The summed E-state index contributed by atoms with van der Waals surface area (Å²) in [7, 11) is -4.36. The highest BCUT2D eigenvalue weighted by Crippen LogP contribution is 2.08. The second-order valence-electron chi connectivity index (χ2n) is 5.27. The van der Waals surface area contributed by atoms with E-state index in [0.717, 1.165) is 19.3 Å². The molecule has 1 unspecified atom stereocenters. The summed E-state index contributed by atoms with van der Waals surface area (Å²) in [6, 6.07) is -0.789. The van der Waals surface area contributed by atoms with E-state index in [1.807, 2.05) is 0 Å². The lowest BCUT2D eigenvalue weighted by atomic mass is 10.1.